The van der Waals surface area contributed by atoms with Gasteiger partial charge >= 0.3 is 12.1 Å². The monoisotopic (exact) mass is 365 g/mol. The van der Waals surface area contributed by atoms with E-state index in [9.17, 15) is 28.2 Å². The van der Waals surface area contributed by atoms with Crippen molar-refractivity contribution in [3.8, 4) is 0 Å². The van der Waals surface area contributed by atoms with Crippen molar-refractivity contribution in [2.75, 3.05) is 6.61 Å². The van der Waals surface area contributed by atoms with Crippen LogP contribution in [0.15, 0.2) is 30.3 Å². The Balaban J connectivity index is 2.13. The quantitative estimate of drug-likeness (QED) is 0.570. The van der Waals surface area contributed by atoms with E-state index in [0.717, 1.165) is 0 Å². The second-order valence-corrected chi connectivity index (χ2v) is 5.50. The summed E-state index contributed by atoms with van der Waals surface area (Å²) >= 11 is 0. The molecule has 140 valence electrons. The number of ether oxygens (including phenoxy) is 2. The van der Waals surface area contributed by atoms with Gasteiger partial charge in [0, 0.05) is 0 Å². The second kappa shape index (κ2) is 8.11. The molecule has 1 aliphatic heterocycles. The molecular weight excluding hydrogens is 347 g/mol. The number of alkyl halides is 3. The van der Waals surface area contributed by atoms with E-state index in [2.05, 4.69) is 0 Å². The number of hydrogen-bond acceptors (Lipinski definition) is 6. The van der Waals surface area contributed by atoms with Crippen LogP contribution >= 0.6 is 0 Å². The topological polar surface area (TPSA) is 108 Å². The Labute approximate surface area is 141 Å². The van der Waals surface area contributed by atoms with Crippen molar-refractivity contribution in [3.63, 3.8) is 0 Å². The van der Waals surface area contributed by atoms with Crippen LogP contribution in [0.5, 0.6) is 0 Å². The largest absolute Gasteiger partial charge is 0.471 e. The molecule has 0 saturated carbocycles. The number of aliphatic hydroxyl groups is 3. The van der Waals surface area contributed by atoms with E-state index in [1.54, 1.807) is 35.6 Å². The first kappa shape index (κ1) is 19.6. The zero-order valence-corrected chi connectivity index (χ0v) is 12.9. The van der Waals surface area contributed by atoms with Gasteiger partial charge in [0.25, 0.3) is 0 Å². The molecule has 1 aromatic rings. The van der Waals surface area contributed by atoms with Gasteiger partial charge in [-0.25, -0.2) is 0 Å². The summed E-state index contributed by atoms with van der Waals surface area (Å²) in [5, 5.41) is 30.5. The van der Waals surface area contributed by atoms with E-state index in [4.69, 9.17) is 14.6 Å². The Bertz CT molecular complexity index is 570. The highest BCUT2D eigenvalue weighted by atomic mass is 19.4. The van der Waals surface area contributed by atoms with Crippen LogP contribution in [-0.2, 0) is 20.9 Å². The third kappa shape index (κ3) is 4.89. The molecule has 25 heavy (non-hydrogen) atoms. The maximum atomic E-state index is 12.5. The molecule has 1 fully saturated rings. The minimum Gasteiger partial charge on any atom is -0.394 e. The van der Waals surface area contributed by atoms with Crippen LogP contribution in [0, 0.1) is 0 Å². The maximum Gasteiger partial charge on any atom is 0.471 e. The highest BCUT2D eigenvalue weighted by Gasteiger charge is 2.49. The van der Waals surface area contributed by atoms with Crippen LogP contribution in [0.25, 0.3) is 0 Å². The van der Waals surface area contributed by atoms with Gasteiger partial charge in [-0.05, 0) is 5.56 Å². The summed E-state index contributed by atoms with van der Waals surface area (Å²) in [5.74, 6) is -2.30. The van der Waals surface area contributed by atoms with E-state index in [1.165, 1.54) is 0 Å². The number of hydrogen-bond donors (Lipinski definition) is 4. The third-order valence-corrected chi connectivity index (χ3v) is 3.69. The summed E-state index contributed by atoms with van der Waals surface area (Å²) in [6.45, 7) is -0.770. The van der Waals surface area contributed by atoms with Gasteiger partial charge in [-0.1, -0.05) is 30.3 Å². The van der Waals surface area contributed by atoms with Gasteiger partial charge in [-0.3, -0.25) is 4.79 Å². The van der Waals surface area contributed by atoms with Gasteiger partial charge in [-0.15, -0.1) is 0 Å². The van der Waals surface area contributed by atoms with Crippen LogP contribution < -0.4 is 5.32 Å². The highest BCUT2D eigenvalue weighted by molar-refractivity contribution is 5.82. The number of nitrogens with one attached hydrogen (secondary N) is 1. The van der Waals surface area contributed by atoms with Crippen LogP contribution in [0.4, 0.5) is 13.2 Å². The number of benzene rings is 1. The van der Waals surface area contributed by atoms with Crippen LogP contribution in [0.3, 0.4) is 0 Å². The van der Waals surface area contributed by atoms with Crippen LogP contribution in [-0.4, -0.2) is 64.7 Å². The molecule has 0 aromatic heterocycles. The molecule has 0 unspecified atom stereocenters. The summed E-state index contributed by atoms with van der Waals surface area (Å²) in [7, 11) is 0. The molecule has 0 bridgehead atoms. The third-order valence-electron chi connectivity index (χ3n) is 3.69. The predicted octanol–water partition coefficient (Wildman–Crippen LogP) is -0.311. The molecule has 1 aliphatic rings. The molecule has 1 heterocycles. The zero-order chi connectivity index (χ0) is 18.6. The number of rotatable bonds is 5. The average molecular weight is 365 g/mol. The zero-order valence-electron chi connectivity index (χ0n) is 12.9. The van der Waals surface area contributed by atoms with Gasteiger partial charge in [0.15, 0.2) is 6.29 Å². The van der Waals surface area contributed by atoms with Crippen LogP contribution in [0.2, 0.25) is 0 Å². The lowest BCUT2D eigenvalue weighted by molar-refractivity contribution is -0.275. The fourth-order valence-electron chi connectivity index (χ4n) is 2.36. The van der Waals surface area contributed by atoms with Crippen molar-refractivity contribution in [1.29, 1.82) is 0 Å². The smallest absolute Gasteiger partial charge is 0.394 e. The molecule has 7 nitrogen and oxygen atoms in total. The Morgan fingerprint density at radius 1 is 1.20 bits per heavy atom. The SMILES string of the molecule is O=C(N[C@@H]1[C@H](OCc2ccccc2)O[C@H](CO)[C@H](O)[C@H]1O)C(F)(F)F. The van der Waals surface area contributed by atoms with Crippen molar-refractivity contribution >= 4 is 5.91 Å². The van der Waals surface area contributed by atoms with Gasteiger partial charge in [-0.2, -0.15) is 13.2 Å². The highest BCUT2D eigenvalue weighted by Crippen LogP contribution is 2.24. The maximum absolute atomic E-state index is 12.5. The minimum atomic E-state index is -5.18. The molecule has 1 amide bonds. The van der Waals surface area contributed by atoms with Crippen molar-refractivity contribution in [2.45, 2.75) is 43.4 Å². The van der Waals surface area contributed by atoms with E-state index in [1.807, 2.05) is 0 Å². The summed E-state index contributed by atoms with van der Waals surface area (Å²) in [4.78, 5) is 11.2. The fraction of sp³-hybridized carbons (Fsp3) is 0.533. The number of amides is 1. The lowest BCUT2D eigenvalue weighted by Crippen LogP contribution is -2.65. The van der Waals surface area contributed by atoms with Gasteiger partial charge < -0.3 is 30.1 Å². The molecule has 5 atom stereocenters. The summed E-state index contributed by atoms with van der Waals surface area (Å²) in [6, 6.07) is 6.92. The van der Waals surface area contributed by atoms with Crippen molar-refractivity contribution in [3.05, 3.63) is 35.9 Å². The normalized spacial score (nSPS) is 30.1. The van der Waals surface area contributed by atoms with Gasteiger partial charge in [0.1, 0.15) is 24.4 Å². The summed E-state index contributed by atoms with van der Waals surface area (Å²) in [5.41, 5.74) is 0.674. The second-order valence-electron chi connectivity index (χ2n) is 5.50. The first-order chi connectivity index (χ1) is 11.7. The molecule has 2 rings (SSSR count). The molecule has 0 radical (unpaired) electrons. The molecule has 10 heteroatoms. The van der Waals surface area contributed by atoms with E-state index >= 15 is 0 Å². The Morgan fingerprint density at radius 2 is 1.84 bits per heavy atom. The first-order valence-electron chi connectivity index (χ1n) is 7.39. The first-order valence-corrected chi connectivity index (χ1v) is 7.39. The Kier molecular flexibility index (Phi) is 6.36. The van der Waals surface area contributed by atoms with Gasteiger partial charge in [0.05, 0.1) is 13.2 Å². The minimum absolute atomic E-state index is 0.0785. The van der Waals surface area contributed by atoms with Crippen molar-refractivity contribution < 1.29 is 42.8 Å². The van der Waals surface area contributed by atoms with Crippen LogP contribution in [0.1, 0.15) is 5.56 Å². The van der Waals surface area contributed by atoms with E-state index in [-0.39, 0.29) is 6.61 Å². The summed E-state index contributed by atoms with van der Waals surface area (Å²) in [6.07, 6.45) is -11.5. The Morgan fingerprint density at radius 3 is 2.40 bits per heavy atom. The number of halogens is 3. The lowest BCUT2D eigenvalue weighted by Gasteiger charge is -2.42. The van der Waals surface area contributed by atoms with E-state index in [0.29, 0.717) is 5.56 Å². The number of aliphatic hydroxyl groups excluding tert-OH is 3. The summed E-state index contributed by atoms with van der Waals surface area (Å²) < 4.78 is 48.0. The van der Waals surface area contributed by atoms with E-state index < -0.39 is 49.3 Å². The molecule has 1 aromatic carbocycles. The molecule has 0 spiro atoms. The molecule has 0 aliphatic carbocycles. The molecule has 4 N–H and O–H groups in total. The molecule has 1 saturated heterocycles. The van der Waals surface area contributed by atoms with Crippen molar-refractivity contribution in [2.24, 2.45) is 0 Å². The lowest BCUT2D eigenvalue weighted by atomic mass is 9.97. The number of carbonyl (C=O) groups is 1. The number of carbonyl (C=O) groups excluding carboxylic acids is 1. The average Bonchev–Trinajstić information content (AvgIpc) is 2.58. The van der Waals surface area contributed by atoms with Crippen molar-refractivity contribution in [1.82, 2.24) is 5.32 Å². The Hall–Kier alpha value is -1.72. The van der Waals surface area contributed by atoms with Gasteiger partial charge in [0.2, 0.25) is 0 Å². The fourth-order valence-corrected chi connectivity index (χ4v) is 2.36. The standard InChI is InChI=1S/C15H18F3NO6/c16-15(17,18)14(23)19-10-12(22)11(21)9(6-20)25-13(10)24-7-8-4-2-1-3-5-8/h1-5,9-13,20-22H,6-7H2,(H,19,23)/t9-,10+,11+,12+,13-/m1/s1. The molecular formula is C15H18F3NO6. The predicted molar refractivity (Wildman–Crippen MR) is 77.0 cm³/mol.